The van der Waals surface area contributed by atoms with E-state index in [9.17, 15) is 0 Å². The van der Waals surface area contributed by atoms with Crippen molar-refractivity contribution in [1.82, 2.24) is 4.98 Å². The molecule has 0 unspecified atom stereocenters. The average Bonchev–Trinajstić information content (AvgIpc) is 2.43. The lowest BCUT2D eigenvalue weighted by molar-refractivity contribution is 0.460. The highest BCUT2D eigenvalue weighted by molar-refractivity contribution is 14.1. The van der Waals surface area contributed by atoms with E-state index in [4.69, 9.17) is 27.9 Å². The van der Waals surface area contributed by atoms with Crippen LogP contribution in [-0.4, -0.2) is 11.5 Å². The number of benzene rings is 1. The molecule has 0 atom stereocenters. The van der Waals surface area contributed by atoms with Gasteiger partial charge in [-0.25, -0.2) is 0 Å². The summed E-state index contributed by atoms with van der Waals surface area (Å²) in [7, 11) is 0. The molecular formula is C14H13Cl2IN2O. The summed E-state index contributed by atoms with van der Waals surface area (Å²) >= 11 is 14.4. The molecule has 1 heterocycles. The molecule has 20 heavy (non-hydrogen) atoms. The topological polar surface area (TPSA) is 34.2 Å². The number of hydrogen-bond acceptors (Lipinski definition) is 3. The van der Waals surface area contributed by atoms with Crippen LogP contribution in [0.4, 0.5) is 5.82 Å². The van der Waals surface area contributed by atoms with Crippen molar-refractivity contribution in [2.45, 2.75) is 13.3 Å². The Morgan fingerprint density at radius 3 is 2.70 bits per heavy atom. The number of para-hydroxylation sites is 1. The van der Waals surface area contributed by atoms with Crippen LogP contribution in [0.5, 0.6) is 11.6 Å². The van der Waals surface area contributed by atoms with Crippen molar-refractivity contribution >= 4 is 51.6 Å². The van der Waals surface area contributed by atoms with E-state index in [1.54, 1.807) is 6.07 Å². The summed E-state index contributed by atoms with van der Waals surface area (Å²) in [6, 6.07) is 9.31. The second-order valence-corrected chi connectivity index (χ2v) is 6.04. The van der Waals surface area contributed by atoms with Crippen LogP contribution in [0.15, 0.2) is 30.3 Å². The first kappa shape index (κ1) is 15.7. The number of nitrogens with zero attached hydrogens (tertiary/aromatic N) is 1. The summed E-state index contributed by atoms with van der Waals surface area (Å²) in [4.78, 5) is 4.35. The number of aromatic nitrogens is 1. The van der Waals surface area contributed by atoms with Crippen LogP contribution < -0.4 is 10.1 Å². The highest BCUT2D eigenvalue weighted by atomic mass is 127. The molecule has 6 heteroatoms. The number of halogens is 3. The molecule has 0 bridgehead atoms. The van der Waals surface area contributed by atoms with Gasteiger partial charge in [-0.1, -0.05) is 42.3 Å². The molecule has 0 fully saturated rings. The fourth-order valence-corrected chi connectivity index (χ4v) is 2.48. The first-order valence-corrected chi connectivity index (χ1v) is 7.97. The molecule has 106 valence electrons. The van der Waals surface area contributed by atoms with Crippen molar-refractivity contribution < 1.29 is 4.74 Å². The number of hydrogen-bond donors (Lipinski definition) is 1. The maximum atomic E-state index is 6.14. The molecule has 0 spiro atoms. The number of rotatable bonds is 5. The fourth-order valence-electron chi connectivity index (χ4n) is 1.52. The van der Waals surface area contributed by atoms with E-state index >= 15 is 0 Å². The van der Waals surface area contributed by atoms with Gasteiger partial charge in [-0.15, -0.1) is 0 Å². The fraction of sp³-hybridized carbons (Fsp3) is 0.214. The molecule has 0 aliphatic rings. The summed E-state index contributed by atoms with van der Waals surface area (Å²) in [6.45, 7) is 2.86. The Morgan fingerprint density at radius 2 is 2.00 bits per heavy atom. The van der Waals surface area contributed by atoms with Crippen LogP contribution in [0.2, 0.25) is 10.0 Å². The van der Waals surface area contributed by atoms with Gasteiger partial charge in [0.2, 0.25) is 5.88 Å². The Morgan fingerprint density at radius 1 is 1.25 bits per heavy atom. The molecule has 0 aliphatic heterocycles. The number of anilines is 1. The second kappa shape index (κ2) is 7.33. The molecule has 3 nitrogen and oxygen atoms in total. The predicted molar refractivity (Wildman–Crippen MR) is 92.3 cm³/mol. The predicted octanol–water partition coefficient (Wildman–Crippen LogP) is 5.61. The van der Waals surface area contributed by atoms with Crippen LogP contribution in [0, 0.1) is 3.57 Å². The Hall–Kier alpha value is -0.720. The monoisotopic (exact) mass is 422 g/mol. The maximum absolute atomic E-state index is 6.14. The van der Waals surface area contributed by atoms with Gasteiger partial charge in [0.15, 0.2) is 0 Å². The Kier molecular flexibility index (Phi) is 5.74. The van der Waals surface area contributed by atoms with E-state index < -0.39 is 0 Å². The van der Waals surface area contributed by atoms with Gasteiger partial charge in [-0.3, -0.25) is 0 Å². The van der Waals surface area contributed by atoms with Gasteiger partial charge in [0.25, 0.3) is 0 Å². The molecule has 0 amide bonds. The molecule has 1 N–H and O–H groups in total. The van der Waals surface area contributed by atoms with Crippen LogP contribution in [0.3, 0.4) is 0 Å². The summed E-state index contributed by atoms with van der Waals surface area (Å²) in [5.41, 5.74) is 0. The molecule has 0 aliphatic carbocycles. The third-order valence-electron chi connectivity index (χ3n) is 2.48. The minimum absolute atomic E-state index is 0.346. The van der Waals surface area contributed by atoms with E-state index in [1.165, 1.54) is 0 Å². The van der Waals surface area contributed by atoms with Crippen molar-refractivity contribution in [1.29, 1.82) is 0 Å². The normalized spacial score (nSPS) is 10.4. The van der Waals surface area contributed by atoms with E-state index in [2.05, 4.69) is 39.8 Å². The van der Waals surface area contributed by atoms with Gasteiger partial charge in [-0.05, 0) is 47.2 Å². The largest absolute Gasteiger partial charge is 0.436 e. The van der Waals surface area contributed by atoms with Crippen LogP contribution in [0.1, 0.15) is 13.3 Å². The summed E-state index contributed by atoms with van der Waals surface area (Å²) in [5.74, 6) is 1.64. The first-order valence-electron chi connectivity index (χ1n) is 6.14. The highest BCUT2D eigenvalue weighted by Gasteiger charge is 2.12. The van der Waals surface area contributed by atoms with Crippen molar-refractivity contribution in [2.75, 3.05) is 11.9 Å². The minimum atomic E-state index is 0.346. The molecule has 0 radical (unpaired) electrons. The molecule has 0 saturated carbocycles. The van der Waals surface area contributed by atoms with E-state index in [1.807, 2.05) is 24.3 Å². The second-order valence-electron chi connectivity index (χ2n) is 4.07. The van der Waals surface area contributed by atoms with Gasteiger partial charge in [-0.2, -0.15) is 4.98 Å². The molecule has 0 saturated heterocycles. The van der Waals surface area contributed by atoms with Crippen molar-refractivity contribution in [3.8, 4) is 11.6 Å². The molecular weight excluding hydrogens is 410 g/mol. The molecule has 2 aromatic rings. The van der Waals surface area contributed by atoms with Gasteiger partial charge < -0.3 is 10.1 Å². The van der Waals surface area contributed by atoms with Crippen molar-refractivity contribution in [2.24, 2.45) is 0 Å². The van der Waals surface area contributed by atoms with Crippen LogP contribution >= 0.6 is 45.8 Å². The van der Waals surface area contributed by atoms with Gasteiger partial charge in [0, 0.05) is 6.54 Å². The summed E-state index contributed by atoms with van der Waals surface area (Å²) in [5, 5.41) is 4.02. The number of pyridine rings is 1. The zero-order valence-electron chi connectivity index (χ0n) is 10.8. The molecule has 1 aromatic carbocycles. The highest BCUT2D eigenvalue weighted by Crippen LogP contribution is 2.34. The Balaban J connectivity index is 2.29. The van der Waals surface area contributed by atoms with Crippen LogP contribution in [-0.2, 0) is 0 Å². The quantitative estimate of drug-likeness (QED) is 0.636. The molecule has 2 rings (SSSR count). The van der Waals surface area contributed by atoms with E-state index in [0.29, 0.717) is 27.5 Å². The van der Waals surface area contributed by atoms with Crippen LogP contribution in [0.25, 0.3) is 0 Å². The minimum Gasteiger partial charge on any atom is -0.436 e. The van der Waals surface area contributed by atoms with Crippen molar-refractivity contribution in [3.63, 3.8) is 0 Å². The number of ether oxygens (including phenoxy) is 1. The zero-order valence-corrected chi connectivity index (χ0v) is 14.5. The van der Waals surface area contributed by atoms with Gasteiger partial charge in [0.1, 0.15) is 16.6 Å². The van der Waals surface area contributed by atoms with Crippen molar-refractivity contribution in [3.05, 3.63) is 43.9 Å². The Labute approximate surface area is 141 Å². The third-order valence-corrected chi connectivity index (χ3v) is 3.93. The average molecular weight is 423 g/mol. The number of nitrogens with one attached hydrogen (secondary N) is 1. The smallest absolute Gasteiger partial charge is 0.240 e. The SMILES string of the molecule is CCCNc1nc(Oc2ccccc2I)c(Cl)cc1Cl. The van der Waals surface area contributed by atoms with Gasteiger partial charge >= 0.3 is 0 Å². The first-order chi connectivity index (χ1) is 9.61. The lowest BCUT2D eigenvalue weighted by Crippen LogP contribution is -2.03. The lowest BCUT2D eigenvalue weighted by atomic mass is 10.3. The zero-order chi connectivity index (χ0) is 14.5. The lowest BCUT2D eigenvalue weighted by Gasteiger charge is -2.12. The molecule has 1 aromatic heterocycles. The summed E-state index contributed by atoms with van der Waals surface area (Å²) in [6.07, 6.45) is 0.980. The van der Waals surface area contributed by atoms with Gasteiger partial charge in [0.05, 0.1) is 8.59 Å². The summed E-state index contributed by atoms with van der Waals surface area (Å²) < 4.78 is 6.75. The standard InChI is InChI=1S/C14H13Cl2IN2O/c1-2-7-18-13-9(15)8-10(16)14(19-13)20-12-6-4-3-5-11(12)17/h3-6,8H,2,7H2,1H3,(H,18,19). The van der Waals surface area contributed by atoms with E-state index in [0.717, 1.165) is 16.5 Å². The Bertz CT molecular complexity index is 608. The maximum Gasteiger partial charge on any atom is 0.240 e. The third kappa shape index (κ3) is 3.90. The van der Waals surface area contributed by atoms with E-state index in [-0.39, 0.29) is 0 Å².